The Morgan fingerprint density at radius 1 is 1.05 bits per heavy atom. The molecule has 0 aliphatic rings. The van der Waals surface area contributed by atoms with Gasteiger partial charge in [-0.1, -0.05) is 23.7 Å². The second-order valence-electron chi connectivity index (χ2n) is 4.35. The van der Waals surface area contributed by atoms with E-state index < -0.39 is 5.63 Å². The lowest BCUT2D eigenvalue weighted by Gasteiger charge is -2.04. The number of nitrogens with one attached hydrogen (secondary N) is 1. The minimum Gasteiger partial charge on any atom is -0.422 e. The van der Waals surface area contributed by atoms with Crippen LogP contribution in [0.5, 0.6) is 0 Å². The van der Waals surface area contributed by atoms with Gasteiger partial charge in [-0.3, -0.25) is 5.84 Å². The first-order valence-electron chi connectivity index (χ1n) is 5.98. The van der Waals surface area contributed by atoms with Crippen LogP contribution in [0.4, 0.5) is 5.69 Å². The molecular weight excluding hydrogens is 276 g/mol. The number of nitrogens with two attached hydrogens (primary N) is 1. The van der Waals surface area contributed by atoms with Crippen LogP contribution in [-0.4, -0.2) is 0 Å². The SMILES string of the molecule is NNc1ccc2cc(-c3ccc(Cl)cc3)c(=O)oc2c1. The first kappa shape index (κ1) is 12.7. The van der Waals surface area contributed by atoms with Gasteiger partial charge in [-0.2, -0.15) is 0 Å². The van der Waals surface area contributed by atoms with E-state index in [0.717, 1.165) is 10.9 Å². The Hall–Kier alpha value is -2.30. The van der Waals surface area contributed by atoms with Gasteiger partial charge in [-0.05, 0) is 35.9 Å². The third-order valence-electron chi connectivity index (χ3n) is 3.06. The molecule has 1 aromatic heterocycles. The summed E-state index contributed by atoms with van der Waals surface area (Å²) in [5.41, 5.74) is 4.56. The highest BCUT2D eigenvalue weighted by Gasteiger charge is 2.08. The number of hydrazine groups is 1. The highest BCUT2D eigenvalue weighted by atomic mass is 35.5. The molecule has 2 aromatic carbocycles. The smallest absolute Gasteiger partial charge is 0.344 e. The Kier molecular flexibility index (Phi) is 3.18. The van der Waals surface area contributed by atoms with Gasteiger partial charge in [0.2, 0.25) is 0 Å². The van der Waals surface area contributed by atoms with Crippen molar-refractivity contribution in [3.05, 3.63) is 64.0 Å². The second-order valence-corrected chi connectivity index (χ2v) is 4.79. The molecule has 5 heteroatoms. The number of hydrogen-bond donors (Lipinski definition) is 2. The first-order valence-corrected chi connectivity index (χ1v) is 6.35. The number of anilines is 1. The van der Waals surface area contributed by atoms with Crippen molar-refractivity contribution in [3.8, 4) is 11.1 Å². The highest BCUT2D eigenvalue weighted by Crippen LogP contribution is 2.24. The molecule has 0 aliphatic heterocycles. The van der Waals surface area contributed by atoms with Gasteiger partial charge >= 0.3 is 5.63 Å². The van der Waals surface area contributed by atoms with Crippen LogP contribution in [0.25, 0.3) is 22.1 Å². The van der Waals surface area contributed by atoms with Crippen LogP contribution in [0.1, 0.15) is 0 Å². The third-order valence-corrected chi connectivity index (χ3v) is 3.31. The van der Waals surface area contributed by atoms with Crippen molar-refractivity contribution in [2.24, 2.45) is 5.84 Å². The molecule has 0 unspecified atom stereocenters. The molecule has 100 valence electrons. The molecule has 20 heavy (non-hydrogen) atoms. The summed E-state index contributed by atoms with van der Waals surface area (Å²) in [7, 11) is 0. The molecule has 0 aliphatic carbocycles. The normalized spacial score (nSPS) is 10.7. The molecule has 0 saturated heterocycles. The maximum atomic E-state index is 12.1. The molecule has 0 saturated carbocycles. The van der Waals surface area contributed by atoms with Crippen molar-refractivity contribution < 1.29 is 4.42 Å². The molecule has 3 rings (SSSR count). The number of halogens is 1. The van der Waals surface area contributed by atoms with E-state index in [2.05, 4.69) is 5.43 Å². The van der Waals surface area contributed by atoms with Gasteiger partial charge in [0.15, 0.2) is 0 Å². The largest absolute Gasteiger partial charge is 0.422 e. The van der Waals surface area contributed by atoms with Gasteiger partial charge in [-0.15, -0.1) is 0 Å². The van der Waals surface area contributed by atoms with Crippen molar-refractivity contribution in [3.63, 3.8) is 0 Å². The fourth-order valence-corrected chi connectivity index (χ4v) is 2.16. The van der Waals surface area contributed by atoms with E-state index in [-0.39, 0.29) is 0 Å². The van der Waals surface area contributed by atoms with Crippen LogP contribution in [0, 0.1) is 0 Å². The van der Waals surface area contributed by atoms with Crippen molar-refractivity contribution in [2.75, 3.05) is 5.43 Å². The molecule has 1 heterocycles. The van der Waals surface area contributed by atoms with Crippen LogP contribution >= 0.6 is 11.6 Å². The number of rotatable bonds is 2. The minimum atomic E-state index is -0.394. The Morgan fingerprint density at radius 3 is 2.50 bits per heavy atom. The summed E-state index contributed by atoms with van der Waals surface area (Å²) in [5.74, 6) is 5.33. The van der Waals surface area contributed by atoms with Crippen LogP contribution in [-0.2, 0) is 0 Å². The molecule has 3 aromatic rings. The maximum absolute atomic E-state index is 12.1. The lowest BCUT2D eigenvalue weighted by molar-refractivity contribution is 0.563. The zero-order valence-electron chi connectivity index (χ0n) is 10.4. The van der Waals surface area contributed by atoms with E-state index in [4.69, 9.17) is 21.9 Å². The van der Waals surface area contributed by atoms with E-state index in [1.165, 1.54) is 0 Å². The van der Waals surface area contributed by atoms with E-state index in [0.29, 0.717) is 21.9 Å². The van der Waals surface area contributed by atoms with Gasteiger partial charge in [0.25, 0.3) is 0 Å². The van der Waals surface area contributed by atoms with E-state index >= 15 is 0 Å². The van der Waals surface area contributed by atoms with Crippen LogP contribution in [0.2, 0.25) is 5.02 Å². The van der Waals surface area contributed by atoms with Gasteiger partial charge in [0.1, 0.15) is 5.58 Å². The third kappa shape index (κ3) is 2.27. The molecule has 3 N–H and O–H groups in total. The summed E-state index contributed by atoms with van der Waals surface area (Å²) in [6.45, 7) is 0. The fourth-order valence-electron chi connectivity index (χ4n) is 2.03. The lowest BCUT2D eigenvalue weighted by Crippen LogP contribution is -2.07. The van der Waals surface area contributed by atoms with Crippen molar-refractivity contribution in [1.29, 1.82) is 0 Å². The van der Waals surface area contributed by atoms with Gasteiger partial charge in [-0.25, -0.2) is 4.79 Å². The van der Waals surface area contributed by atoms with Crippen LogP contribution in [0.3, 0.4) is 0 Å². The monoisotopic (exact) mass is 286 g/mol. The number of fused-ring (bicyclic) bond motifs is 1. The van der Waals surface area contributed by atoms with E-state index in [1.54, 1.807) is 36.4 Å². The summed E-state index contributed by atoms with van der Waals surface area (Å²) in [5, 5.41) is 1.45. The summed E-state index contributed by atoms with van der Waals surface area (Å²) in [6, 6.07) is 14.2. The van der Waals surface area contributed by atoms with Crippen molar-refractivity contribution in [2.45, 2.75) is 0 Å². The Balaban J connectivity index is 2.20. The summed E-state index contributed by atoms with van der Waals surface area (Å²) < 4.78 is 5.34. The van der Waals surface area contributed by atoms with Crippen molar-refractivity contribution >= 4 is 28.3 Å². The Labute approximate surface area is 119 Å². The molecule has 0 atom stereocenters. The molecule has 4 nitrogen and oxygen atoms in total. The standard InChI is InChI=1S/C15H11ClN2O2/c16-11-4-1-9(2-5-11)13-7-10-3-6-12(18-17)8-14(10)20-15(13)19/h1-8,18H,17H2. The molecule has 0 fully saturated rings. The van der Waals surface area contributed by atoms with Crippen molar-refractivity contribution in [1.82, 2.24) is 0 Å². The zero-order chi connectivity index (χ0) is 14.1. The average Bonchev–Trinajstić information content (AvgIpc) is 2.47. The van der Waals surface area contributed by atoms with E-state index in [9.17, 15) is 4.79 Å². The average molecular weight is 287 g/mol. The van der Waals surface area contributed by atoms with Crippen LogP contribution < -0.4 is 16.9 Å². The number of hydrogen-bond acceptors (Lipinski definition) is 4. The van der Waals surface area contributed by atoms with Gasteiger partial charge < -0.3 is 9.84 Å². The summed E-state index contributed by atoms with van der Waals surface area (Å²) >= 11 is 5.85. The number of benzene rings is 2. The topological polar surface area (TPSA) is 68.3 Å². The zero-order valence-corrected chi connectivity index (χ0v) is 11.1. The molecule has 0 bridgehead atoms. The quantitative estimate of drug-likeness (QED) is 0.430. The predicted octanol–water partition coefficient (Wildman–Crippen LogP) is 3.40. The highest BCUT2D eigenvalue weighted by molar-refractivity contribution is 6.30. The first-order chi connectivity index (χ1) is 9.67. The predicted molar refractivity (Wildman–Crippen MR) is 80.7 cm³/mol. The fraction of sp³-hybridized carbons (Fsp3) is 0. The second kappa shape index (κ2) is 5.00. The molecule has 0 amide bonds. The maximum Gasteiger partial charge on any atom is 0.344 e. The summed E-state index contributed by atoms with van der Waals surface area (Å²) in [4.78, 5) is 12.1. The van der Waals surface area contributed by atoms with E-state index in [1.807, 2.05) is 12.1 Å². The van der Waals surface area contributed by atoms with Gasteiger partial charge in [0.05, 0.1) is 11.3 Å². The van der Waals surface area contributed by atoms with Crippen LogP contribution in [0.15, 0.2) is 57.7 Å². The Morgan fingerprint density at radius 2 is 1.80 bits per heavy atom. The lowest BCUT2D eigenvalue weighted by atomic mass is 10.1. The molecule has 0 spiro atoms. The Bertz CT molecular complexity index is 825. The molecular formula is C15H11ClN2O2. The molecule has 0 radical (unpaired) electrons. The van der Waals surface area contributed by atoms with Gasteiger partial charge in [0, 0.05) is 16.5 Å². The summed E-state index contributed by atoms with van der Waals surface area (Å²) in [6.07, 6.45) is 0. The minimum absolute atomic E-state index is 0.394. The number of nitrogen functional groups attached to an aromatic ring is 1.